The van der Waals surface area contributed by atoms with Crippen LogP contribution >= 0.6 is 0 Å². The molecule has 0 radical (unpaired) electrons. The summed E-state index contributed by atoms with van der Waals surface area (Å²) in [6, 6.07) is 13.5. The molecule has 47 heavy (non-hydrogen) atoms. The van der Waals surface area contributed by atoms with Crippen molar-refractivity contribution >= 4 is 11.2 Å². The van der Waals surface area contributed by atoms with Crippen LogP contribution in [-0.4, -0.2) is 65.4 Å². The highest BCUT2D eigenvalue weighted by atomic mass is 19.4. The molecule has 0 saturated carbocycles. The molecule has 11 nitrogen and oxygen atoms in total. The van der Waals surface area contributed by atoms with E-state index < -0.39 is 17.8 Å². The average molecular weight is 648 g/mol. The minimum Gasteiger partial charge on any atom is -0.473 e. The number of benzene rings is 1. The van der Waals surface area contributed by atoms with Gasteiger partial charge in [0, 0.05) is 41.6 Å². The van der Waals surface area contributed by atoms with Crippen molar-refractivity contribution in [3.63, 3.8) is 0 Å². The van der Waals surface area contributed by atoms with Gasteiger partial charge in [0.1, 0.15) is 23.8 Å². The van der Waals surface area contributed by atoms with Crippen LogP contribution in [0.5, 0.6) is 5.88 Å². The topological polar surface area (TPSA) is 131 Å². The third kappa shape index (κ3) is 6.65. The summed E-state index contributed by atoms with van der Waals surface area (Å²) in [4.78, 5) is 18.7. The van der Waals surface area contributed by atoms with E-state index in [9.17, 15) is 17.6 Å². The molecule has 0 spiro atoms. The maximum Gasteiger partial charge on any atom is 0.451 e. The van der Waals surface area contributed by atoms with Gasteiger partial charge in [-0.1, -0.05) is 12.1 Å². The number of nitrogens with zero attached hydrogens (tertiary/aromatic N) is 8. The number of likely N-dealkylation sites (tertiary alicyclic amines) is 1. The number of H-pyrrole nitrogens is 1. The standard InChI is InChI=1S/C32H29F4N9O2/c33-24-12-19(14-37)4-5-21(24)18-47-28-3-1-2-25(40-28)20-6-9-44(10-7-20)17-27-39-26-13-22(29-41-31(43-42-29)32(34,35)36)15-38-30(26)45(27)16-23-8-11-46-23/h1-5,12-13,15,20,23H,6-11,16-18H2,(H,41,42,43)/t23-/m0/s1. The highest BCUT2D eigenvalue weighted by molar-refractivity contribution is 5.77. The van der Waals surface area contributed by atoms with E-state index in [0.717, 1.165) is 43.9 Å². The normalized spacial score (nSPS) is 17.5. The summed E-state index contributed by atoms with van der Waals surface area (Å²) in [6.07, 6.45) is -0.447. The first-order valence-corrected chi connectivity index (χ1v) is 15.2. The van der Waals surface area contributed by atoms with Crippen LogP contribution in [0.15, 0.2) is 48.7 Å². The largest absolute Gasteiger partial charge is 0.473 e. The smallest absolute Gasteiger partial charge is 0.451 e. The number of rotatable bonds is 9. The Kier molecular flexibility index (Phi) is 8.29. The Balaban J connectivity index is 1.02. The van der Waals surface area contributed by atoms with Gasteiger partial charge >= 0.3 is 6.18 Å². The maximum atomic E-state index is 14.3. The first kappa shape index (κ1) is 30.7. The fourth-order valence-electron chi connectivity index (χ4n) is 5.86. The number of hydrogen-bond donors (Lipinski definition) is 1. The number of fused-ring (bicyclic) bond motifs is 1. The Morgan fingerprint density at radius 3 is 2.60 bits per heavy atom. The predicted octanol–water partition coefficient (Wildman–Crippen LogP) is 5.39. The molecule has 2 saturated heterocycles. The first-order chi connectivity index (χ1) is 22.7. The van der Waals surface area contributed by atoms with Crippen molar-refractivity contribution in [1.29, 1.82) is 5.26 Å². The molecule has 1 atom stereocenters. The van der Waals surface area contributed by atoms with Crippen molar-refractivity contribution in [1.82, 2.24) is 39.6 Å². The second kappa shape index (κ2) is 12.7. The van der Waals surface area contributed by atoms with Gasteiger partial charge in [0.2, 0.25) is 11.7 Å². The molecular formula is C32H29F4N9O2. The highest BCUT2D eigenvalue weighted by Crippen LogP contribution is 2.31. The van der Waals surface area contributed by atoms with Gasteiger partial charge < -0.3 is 19.0 Å². The van der Waals surface area contributed by atoms with Crippen LogP contribution in [0.3, 0.4) is 0 Å². The van der Waals surface area contributed by atoms with Crippen molar-refractivity contribution in [2.75, 3.05) is 19.7 Å². The van der Waals surface area contributed by atoms with E-state index in [2.05, 4.69) is 25.1 Å². The molecule has 2 fully saturated rings. The first-order valence-electron chi connectivity index (χ1n) is 15.2. The summed E-state index contributed by atoms with van der Waals surface area (Å²) in [5, 5.41) is 15.8. The van der Waals surface area contributed by atoms with Gasteiger partial charge in [-0.05, 0) is 56.6 Å². The summed E-state index contributed by atoms with van der Waals surface area (Å²) in [5.74, 6) is -0.263. The minimum atomic E-state index is -4.63. The second-order valence-corrected chi connectivity index (χ2v) is 11.7. The molecule has 5 aromatic rings. The molecule has 15 heteroatoms. The van der Waals surface area contributed by atoms with Crippen molar-refractivity contribution in [3.8, 4) is 23.3 Å². The Hall–Kier alpha value is -4.94. The molecular weight excluding hydrogens is 618 g/mol. The zero-order valence-corrected chi connectivity index (χ0v) is 25.0. The van der Waals surface area contributed by atoms with E-state index in [1.807, 2.05) is 22.8 Å². The minimum absolute atomic E-state index is 0.00266. The fraction of sp³-hybridized carbons (Fsp3) is 0.375. The zero-order valence-electron chi connectivity index (χ0n) is 25.0. The van der Waals surface area contributed by atoms with E-state index in [-0.39, 0.29) is 30.0 Å². The Labute approximate surface area is 266 Å². The van der Waals surface area contributed by atoms with E-state index in [1.54, 1.807) is 24.3 Å². The molecule has 2 aliphatic rings. The Morgan fingerprint density at radius 2 is 1.89 bits per heavy atom. The summed E-state index contributed by atoms with van der Waals surface area (Å²) in [7, 11) is 0. The van der Waals surface area contributed by atoms with Crippen LogP contribution in [0.25, 0.3) is 22.6 Å². The molecule has 1 N–H and O–H groups in total. The lowest BCUT2D eigenvalue weighted by Gasteiger charge is -2.32. The number of pyridine rings is 2. The van der Waals surface area contributed by atoms with Gasteiger partial charge in [-0.15, -0.1) is 10.2 Å². The number of nitrogens with one attached hydrogen (secondary N) is 1. The summed E-state index contributed by atoms with van der Waals surface area (Å²) in [5.41, 5.74) is 3.05. The summed E-state index contributed by atoms with van der Waals surface area (Å²) >= 11 is 0. The molecule has 0 amide bonds. The number of aromatic nitrogens is 7. The second-order valence-electron chi connectivity index (χ2n) is 11.7. The quantitative estimate of drug-likeness (QED) is 0.209. The number of imidazole rings is 1. The van der Waals surface area contributed by atoms with E-state index in [1.165, 1.54) is 12.3 Å². The Bertz CT molecular complexity index is 1940. The predicted molar refractivity (Wildman–Crippen MR) is 159 cm³/mol. The van der Waals surface area contributed by atoms with E-state index >= 15 is 0 Å². The number of halogens is 4. The number of piperidine rings is 1. The molecule has 4 aromatic heterocycles. The molecule has 7 rings (SSSR count). The number of hydrogen-bond acceptors (Lipinski definition) is 9. The average Bonchev–Trinajstić information content (AvgIpc) is 3.68. The van der Waals surface area contributed by atoms with Gasteiger partial charge in [0.25, 0.3) is 0 Å². The molecule has 0 aliphatic carbocycles. The lowest BCUT2D eigenvalue weighted by Crippen LogP contribution is -2.35. The molecule has 1 aromatic carbocycles. The fourth-order valence-corrected chi connectivity index (χ4v) is 5.86. The van der Waals surface area contributed by atoms with Crippen LogP contribution < -0.4 is 4.74 Å². The third-order valence-corrected chi connectivity index (χ3v) is 8.55. The molecule has 242 valence electrons. The Morgan fingerprint density at radius 1 is 1.06 bits per heavy atom. The van der Waals surface area contributed by atoms with Gasteiger partial charge in [0.05, 0.1) is 30.8 Å². The van der Waals surface area contributed by atoms with Crippen molar-refractivity contribution in [3.05, 3.63) is 82.9 Å². The van der Waals surface area contributed by atoms with Gasteiger partial charge in [-0.25, -0.2) is 19.3 Å². The van der Waals surface area contributed by atoms with Crippen LogP contribution in [0.1, 0.15) is 53.7 Å². The number of aromatic amines is 1. The number of alkyl halides is 3. The summed E-state index contributed by atoms with van der Waals surface area (Å²) in [6.45, 7) is 3.46. The molecule has 2 aliphatic heterocycles. The number of ether oxygens (including phenoxy) is 2. The highest BCUT2D eigenvalue weighted by Gasteiger charge is 2.35. The molecule has 0 unspecified atom stereocenters. The van der Waals surface area contributed by atoms with Crippen LogP contribution in [-0.2, 0) is 30.6 Å². The van der Waals surface area contributed by atoms with Gasteiger partial charge in [0.15, 0.2) is 11.5 Å². The SMILES string of the molecule is N#Cc1ccc(COc2cccc(C3CCN(Cc4nc5cc(-c6nnc(C(F)(F)F)[nH]6)cnc5n4C[C@@H]4CCO4)CC3)n2)c(F)c1. The lowest BCUT2D eigenvalue weighted by molar-refractivity contribution is -0.144. The van der Waals surface area contributed by atoms with E-state index in [4.69, 9.17) is 24.7 Å². The zero-order chi connectivity index (χ0) is 32.5. The van der Waals surface area contributed by atoms with Gasteiger partial charge in [-0.3, -0.25) is 4.90 Å². The van der Waals surface area contributed by atoms with Crippen LogP contribution in [0, 0.1) is 17.1 Å². The number of nitriles is 1. The monoisotopic (exact) mass is 647 g/mol. The lowest BCUT2D eigenvalue weighted by atomic mass is 9.93. The maximum absolute atomic E-state index is 14.3. The van der Waals surface area contributed by atoms with Crippen molar-refractivity contribution in [2.24, 2.45) is 0 Å². The summed E-state index contributed by atoms with van der Waals surface area (Å²) < 4.78 is 67.0. The third-order valence-electron chi connectivity index (χ3n) is 8.55. The van der Waals surface area contributed by atoms with Crippen molar-refractivity contribution < 1.29 is 27.0 Å². The van der Waals surface area contributed by atoms with E-state index in [0.29, 0.717) is 47.9 Å². The molecule has 6 heterocycles. The van der Waals surface area contributed by atoms with Crippen LogP contribution in [0.4, 0.5) is 17.6 Å². The van der Waals surface area contributed by atoms with Crippen LogP contribution in [0.2, 0.25) is 0 Å². The van der Waals surface area contributed by atoms with Gasteiger partial charge in [-0.2, -0.15) is 18.4 Å². The van der Waals surface area contributed by atoms with Crippen molar-refractivity contribution in [2.45, 2.75) is 57.2 Å². The molecule has 0 bridgehead atoms.